The van der Waals surface area contributed by atoms with Gasteiger partial charge < -0.3 is 30.1 Å². The average molecular weight is 516 g/mol. The molecule has 0 spiro atoms. The Hall–Kier alpha value is -1.83. The number of para-hydroxylation sites is 1. The van der Waals surface area contributed by atoms with Gasteiger partial charge in [0, 0.05) is 57.3 Å². The maximum absolute atomic E-state index is 13.5. The number of amides is 2. The lowest BCUT2D eigenvalue weighted by molar-refractivity contribution is -0.0577. The number of piperidine rings is 1. The van der Waals surface area contributed by atoms with E-state index in [4.69, 9.17) is 9.47 Å². The highest BCUT2D eigenvalue weighted by Crippen LogP contribution is 2.45. The van der Waals surface area contributed by atoms with Gasteiger partial charge in [0.1, 0.15) is 5.75 Å². The van der Waals surface area contributed by atoms with Crippen molar-refractivity contribution < 1.29 is 19.4 Å². The van der Waals surface area contributed by atoms with Crippen LogP contribution in [0.4, 0.5) is 4.79 Å². The fraction of sp³-hybridized carbons (Fsp3) is 0.767. The van der Waals surface area contributed by atoms with Crippen LogP contribution >= 0.6 is 0 Å². The molecule has 208 valence electrons. The van der Waals surface area contributed by atoms with Crippen molar-refractivity contribution in [3.63, 3.8) is 0 Å². The van der Waals surface area contributed by atoms with E-state index in [0.717, 1.165) is 62.9 Å². The third kappa shape index (κ3) is 7.18. The van der Waals surface area contributed by atoms with Crippen LogP contribution in [0.5, 0.6) is 5.75 Å². The number of carbonyl (C=O) groups excluding carboxylic acids is 1. The molecule has 3 aliphatic rings. The van der Waals surface area contributed by atoms with Crippen LogP contribution in [0.15, 0.2) is 18.2 Å². The van der Waals surface area contributed by atoms with Gasteiger partial charge in [0.2, 0.25) is 0 Å². The highest BCUT2D eigenvalue weighted by Gasteiger charge is 2.44. The van der Waals surface area contributed by atoms with E-state index >= 15 is 0 Å². The van der Waals surface area contributed by atoms with Crippen LogP contribution in [-0.2, 0) is 16.8 Å². The van der Waals surface area contributed by atoms with E-state index in [0.29, 0.717) is 32.1 Å². The third-order valence-corrected chi connectivity index (χ3v) is 8.84. The molecule has 2 aliphatic heterocycles. The Labute approximate surface area is 223 Å². The number of likely N-dealkylation sites (tertiary alicyclic amines) is 1. The number of unbranched alkanes of at least 4 members (excludes halogenated alkanes) is 1. The van der Waals surface area contributed by atoms with Crippen LogP contribution in [0.25, 0.3) is 0 Å². The number of ether oxygens (including phenoxy) is 2. The van der Waals surface area contributed by atoms with Crippen molar-refractivity contribution in [2.45, 2.75) is 88.7 Å². The van der Waals surface area contributed by atoms with Crippen LogP contribution < -0.4 is 15.4 Å². The number of hydrogen-bond acceptors (Lipinski definition) is 5. The minimum atomic E-state index is -1.03. The second-order valence-corrected chi connectivity index (χ2v) is 11.5. The van der Waals surface area contributed by atoms with E-state index in [1.807, 2.05) is 24.1 Å². The van der Waals surface area contributed by atoms with Crippen molar-refractivity contribution in [1.29, 1.82) is 0 Å². The summed E-state index contributed by atoms with van der Waals surface area (Å²) in [7, 11) is 3.68. The molecule has 37 heavy (non-hydrogen) atoms. The number of nitrogens with one attached hydrogen (secondary N) is 2. The molecule has 3 unspecified atom stereocenters. The minimum absolute atomic E-state index is 0.0111. The zero-order chi connectivity index (χ0) is 26.1. The standard InChI is InChI=1S/C30H49N3O4/c1-31-21-26(20-23-10-4-3-5-11-23)32-29(34)33-17-9-13-25(22-33)30(35,16-6-7-18-36-2)27-14-8-12-24-15-19-37-28(24)27/h8,12,14,23,25-26,31,35H,3-7,9-11,13,15-22H2,1-2H3,(H,32,34). The number of methoxy groups -OCH3 is 1. The largest absolute Gasteiger partial charge is 0.493 e. The van der Waals surface area contributed by atoms with Gasteiger partial charge in [0.25, 0.3) is 0 Å². The molecule has 1 saturated carbocycles. The van der Waals surface area contributed by atoms with Crippen LogP contribution in [-0.4, -0.2) is 69.1 Å². The quantitative estimate of drug-likeness (QED) is 0.354. The van der Waals surface area contributed by atoms with Gasteiger partial charge >= 0.3 is 6.03 Å². The van der Waals surface area contributed by atoms with E-state index < -0.39 is 5.60 Å². The number of carbonyl (C=O) groups is 1. The molecule has 7 heteroatoms. The Morgan fingerprint density at radius 2 is 2.05 bits per heavy atom. The summed E-state index contributed by atoms with van der Waals surface area (Å²) in [5.74, 6) is 1.53. The monoisotopic (exact) mass is 515 g/mol. The number of nitrogens with zero attached hydrogens (tertiary/aromatic N) is 1. The van der Waals surface area contributed by atoms with E-state index in [1.165, 1.54) is 37.7 Å². The van der Waals surface area contributed by atoms with Crippen molar-refractivity contribution in [1.82, 2.24) is 15.5 Å². The molecule has 1 saturated heterocycles. The van der Waals surface area contributed by atoms with Crippen molar-refractivity contribution in [2.75, 3.05) is 47.0 Å². The minimum Gasteiger partial charge on any atom is -0.493 e. The maximum atomic E-state index is 13.5. The fourth-order valence-electron chi connectivity index (χ4n) is 6.84. The van der Waals surface area contributed by atoms with Gasteiger partial charge in [-0.05, 0) is 57.1 Å². The molecule has 0 bridgehead atoms. The lowest BCUT2D eigenvalue weighted by Crippen LogP contribution is -2.54. The van der Waals surface area contributed by atoms with Crippen molar-refractivity contribution in [3.05, 3.63) is 29.3 Å². The number of likely N-dealkylation sites (N-methyl/N-ethyl adjacent to an activating group) is 1. The predicted molar refractivity (Wildman–Crippen MR) is 147 cm³/mol. The van der Waals surface area contributed by atoms with Crippen LogP contribution in [0, 0.1) is 11.8 Å². The molecule has 2 fully saturated rings. The Kier molecular flexibility index (Phi) is 10.5. The first-order chi connectivity index (χ1) is 18.0. The zero-order valence-corrected chi connectivity index (χ0v) is 23.1. The normalized spacial score (nSPS) is 22.7. The van der Waals surface area contributed by atoms with Gasteiger partial charge in [-0.2, -0.15) is 0 Å². The highest BCUT2D eigenvalue weighted by molar-refractivity contribution is 5.74. The summed E-state index contributed by atoms with van der Waals surface area (Å²) < 4.78 is 11.3. The third-order valence-electron chi connectivity index (χ3n) is 8.84. The number of urea groups is 1. The lowest BCUT2D eigenvalue weighted by Gasteiger charge is -2.43. The lowest BCUT2D eigenvalue weighted by atomic mass is 9.73. The van der Waals surface area contributed by atoms with Gasteiger partial charge in [-0.3, -0.25) is 0 Å². The van der Waals surface area contributed by atoms with Crippen LogP contribution in [0.3, 0.4) is 0 Å². The second kappa shape index (κ2) is 13.8. The first-order valence-electron chi connectivity index (χ1n) is 14.7. The topological polar surface area (TPSA) is 83.1 Å². The molecule has 2 heterocycles. The summed E-state index contributed by atoms with van der Waals surface area (Å²) in [6.07, 6.45) is 12.7. The Morgan fingerprint density at radius 1 is 1.22 bits per heavy atom. The molecule has 0 aromatic heterocycles. The van der Waals surface area contributed by atoms with Crippen molar-refractivity contribution in [3.8, 4) is 5.75 Å². The average Bonchev–Trinajstić information content (AvgIpc) is 3.41. The Bertz CT molecular complexity index is 859. The predicted octanol–water partition coefficient (Wildman–Crippen LogP) is 4.61. The second-order valence-electron chi connectivity index (χ2n) is 11.5. The SMILES string of the molecule is CNCC(CC1CCCCC1)NC(=O)N1CCCC(C(O)(CCCCOC)c2cccc3c2OCC3)C1. The van der Waals surface area contributed by atoms with Gasteiger partial charge in [0.15, 0.2) is 0 Å². The van der Waals surface area contributed by atoms with Crippen molar-refractivity contribution >= 4 is 6.03 Å². The molecule has 3 atom stereocenters. The van der Waals surface area contributed by atoms with Crippen molar-refractivity contribution in [2.24, 2.45) is 11.8 Å². The summed E-state index contributed by atoms with van der Waals surface area (Å²) in [4.78, 5) is 15.4. The van der Waals surface area contributed by atoms with Gasteiger partial charge in [0.05, 0.1) is 12.2 Å². The fourth-order valence-corrected chi connectivity index (χ4v) is 6.84. The van der Waals surface area contributed by atoms with Crippen LogP contribution in [0.1, 0.15) is 81.8 Å². The first kappa shape index (κ1) is 28.2. The Balaban J connectivity index is 1.46. The number of benzene rings is 1. The molecular formula is C30H49N3O4. The molecule has 4 rings (SSSR count). The molecular weight excluding hydrogens is 466 g/mol. The number of fused-ring (bicyclic) bond motifs is 1. The van der Waals surface area contributed by atoms with Gasteiger partial charge in [-0.15, -0.1) is 0 Å². The summed E-state index contributed by atoms with van der Waals surface area (Å²) in [6, 6.07) is 6.33. The molecule has 2 amide bonds. The Morgan fingerprint density at radius 3 is 2.84 bits per heavy atom. The number of rotatable bonds is 12. The molecule has 0 radical (unpaired) electrons. The van der Waals surface area contributed by atoms with E-state index in [9.17, 15) is 9.90 Å². The first-order valence-corrected chi connectivity index (χ1v) is 14.7. The summed E-state index contributed by atoms with van der Waals surface area (Å²) in [5.41, 5.74) is 1.04. The van der Waals surface area contributed by atoms with Crippen LogP contribution in [0.2, 0.25) is 0 Å². The smallest absolute Gasteiger partial charge is 0.317 e. The molecule has 1 aromatic rings. The number of aliphatic hydroxyl groups is 1. The van der Waals surface area contributed by atoms with Gasteiger partial charge in [-0.1, -0.05) is 50.3 Å². The number of hydrogen-bond donors (Lipinski definition) is 3. The van der Waals surface area contributed by atoms with E-state index in [1.54, 1.807) is 7.11 Å². The molecule has 1 aromatic carbocycles. The molecule has 7 nitrogen and oxygen atoms in total. The maximum Gasteiger partial charge on any atom is 0.317 e. The zero-order valence-electron chi connectivity index (χ0n) is 23.1. The van der Waals surface area contributed by atoms with Gasteiger partial charge in [-0.25, -0.2) is 4.79 Å². The summed E-state index contributed by atoms with van der Waals surface area (Å²) in [5, 5.41) is 19.0. The van der Waals surface area contributed by atoms with E-state index in [-0.39, 0.29) is 18.0 Å². The van der Waals surface area contributed by atoms with E-state index in [2.05, 4.69) is 16.7 Å². The highest BCUT2D eigenvalue weighted by atomic mass is 16.5. The molecule has 1 aliphatic carbocycles. The summed E-state index contributed by atoms with van der Waals surface area (Å²) >= 11 is 0. The molecule has 3 N–H and O–H groups in total. The summed E-state index contributed by atoms with van der Waals surface area (Å²) in [6.45, 7) is 3.44.